The average Bonchev–Trinajstić information content (AvgIpc) is 3.04. The van der Waals surface area contributed by atoms with Crippen LogP contribution in [0.3, 0.4) is 0 Å². The third-order valence-electron chi connectivity index (χ3n) is 4.30. The Morgan fingerprint density at radius 2 is 2.04 bits per heavy atom. The summed E-state index contributed by atoms with van der Waals surface area (Å²) in [5, 5.41) is 2.94. The molecule has 1 unspecified atom stereocenters. The van der Waals surface area contributed by atoms with E-state index in [9.17, 15) is 9.18 Å². The molecule has 0 aliphatic carbocycles. The van der Waals surface area contributed by atoms with Crippen molar-refractivity contribution in [1.82, 2.24) is 10.2 Å². The molecule has 0 aromatic heterocycles. The minimum absolute atomic E-state index is 0.0571. The number of hydrogen-bond acceptors (Lipinski definition) is 1. The molecule has 1 aliphatic heterocycles. The molecule has 23 heavy (non-hydrogen) atoms. The van der Waals surface area contributed by atoms with Crippen molar-refractivity contribution in [2.24, 2.45) is 0 Å². The van der Waals surface area contributed by atoms with Gasteiger partial charge in [-0.25, -0.2) is 9.18 Å². The molecule has 1 atom stereocenters. The van der Waals surface area contributed by atoms with E-state index in [4.69, 9.17) is 0 Å². The van der Waals surface area contributed by atoms with Gasteiger partial charge in [0.05, 0.1) is 6.04 Å². The molecule has 1 saturated heterocycles. The minimum Gasteiger partial charge on any atom is -0.334 e. The zero-order valence-corrected chi connectivity index (χ0v) is 13.3. The van der Waals surface area contributed by atoms with E-state index in [1.165, 1.54) is 23.3 Å². The highest BCUT2D eigenvalue weighted by Gasteiger charge is 2.29. The first-order chi connectivity index (χ1) is 11.1. The average molecular weight is 312 g/mol. The first kappa shape index (κ1) is 15.5. The van der Waals surface area contributed by atoms with Gasteiger partial charge < -0.3 is 10.2 Å². The molecule has 0 radical (unpaired) electrons. The Morgan fingerprint density at radius 3 is 2.78 bits per heavy atom. The van der Waals surface area contributed by atoms with Crippen molar-refractivity contribution in [2.45, 2.75) is 32.4 Å². The van der Waals surface area contributed by atoms with Crippen LogP contribution in [0, 0.1) is 12.7 Å². The van der Waals surface area contributed by atoms with E-state index in [-0.39, 0.29) is 17.9 Å². The summed E-state index contributed by atoms with van der Waals surface area (Å²) in [5.74, 6) is -0.265. The van der Waals surface area contributed by atoms with Crippen LogP contribution in [0.15, 0.2) is 48.5 Å². The second-order valence-corrected chi connectivity index (χ2v) is 6.05. The van der Waals surface area contributed by atoms with Crippen LogP contribution in [0.2, 0.25) is 0 Å². The lowest BCUT2D eigenvalue weighted by Crippen LogP contribution is -2.39. The van der Waals surface area contributed by atoms with Crippen molar-refractivity contribution in [3.8, 4) is 0 Å². The number of aryl methyl sites for hydroxylation is 1. The zero-order valence-electron chi connectivity index (χ0n) is 13.3. The summed E-state index contributed by atoms with van der Waals surface area (Å²) in [5.41, 5.74) is 3.30. The summed E-state index contributed by atoms with van der Waals surface area (Å²) in [6, 6.07) is 14.6. The highest BCUT2D eigenvalue weighted by molar-refractivity contribution is 5.75. The molecule has 3 rings (SSSR count). The summed E-state index contributed by atoms with van der Waals surface area (Å²) in [7, 11) is 0. The zero-order chi connectivity index (χ0) is 16.2. The number of carbonyl (C=O) groups excluding carboxylic acids is 1. The first-order valence-corrected chi connectivity index (χ1v) is 7.99. The number of nitrogens with zero attached hydrogens (tertiary/aromatic N) is 1. The molecule has 0 saturated carbocycles. The van der Waals surface area contributed by atoms with Crippen LogP contribution in [0.5, 0.6) is 0 Å². The van der Waals surface area contributed by atoms with Gasteiger partial charge in [0.2, 0.25) is 0 Å². The van der Waals surface area contributed by atoms with E-state index in [1.807, 2.05) is 11.0 Å². The topological polar surface area (TPSA) is 32.3 Å². The number of nitrogens with one attached hydrogen (secondary N) is 1. The molecule has 1 fully saturated rings. The Bertz CT molecular complexity index is 684. The van der Waals surface area contributed by atoms with Crippen LogP contribution < -0.4 is 5.32 Å². The van der Waals surface area contributed by atoms with Gasteiger partial charge in [0, 0.05) is 13.1 Å². The van der Waals surface area contributed by atoms with E-state index in [0.717, 1.165) is 24.9 Å². The first-order valence-electron chi connectivity index (χ1n) is 7.99. The van der Waals surface area contributed by atoms with E-state index in [1.54, 1.807) is 12.1 Å². The highest BCUT2D eigenvalue weighted by atomic mass is 19.1. The summed E-state index contributed by atoms with van der Waals surface area (Å²) in [6.07, 6.45) is 2.01. The maximum absolute atomic E-state index is 12.9. The Labute approximate surface area is 136 Å². The molecular formula is C19H21FN2O. The van der Waals surface area contributed by atoms with Crippen molar-refractivity contribution in [3.63, 3.8) is 0 Å². The van der Waals surface area contributed by atoms with Crippen molar-refractivity contribution in [2.75, 3.05) is 6.54 Å². The summed E-state index contributed by atoms with van der Waals surface area (Å²) < 4.78 is 12.9. The van der Waals surface area contributed by atoms with Gasteiger partial charge in [-0.1, -0.05) is 42.0 Å². The van der Waals surface area contributed by atoms with E-state index < -0.39 is 0 Å². The summed E-state index contributed by atoms with van der Waals surface area (Å²) in [4.78, 5) is 14.4. The molecule has 1 heterocycles. The van der Waals surface area contributed by atoms with Gasteiger partial charge in [-0.05, 0) is 43.0 Å². The Morgan fingerprint density at radius 1 is 1.26 bits per heavy atom. The van der Waals surface area contributed by atoms with E-state index in [2.05, 4.69) is 30.4 Å². The maximum atomic E-state index is 12.9. The Kier molecular flexibility index (Phi) is 4.60. The van der Waals surface area contributed by atoms with E-state index in [0.29, 0.717) is 6.54 Å². The predicted octanol–water partition coefficient (Wildman–Crippen LogP) is 4.18. The number of likely N-dealkylation sites (tertiary alicyclic amines) is 1. The van der Waals surface area contributed by atoms with Crippen molar-refractivity contribution in [1.29, 1.82) is 0 Å². The lowest BCUT2D eigenvalue weighted by Gasteiger charge is -2.25. The second-order valence-electron chi connectivity index (χ2n) is 6.05. The number of rotatable bonds is 3. The van der Waals surface area contributed by atoms with Gasteiger partial charge >= 0.3 is 6.03 Å². The fraction of sp³-hybridized carbons (Fsp3) is 0.316. The van der Waals surface area contributed by atoms with Gasteiger partial charge in [0.15, 0.2) is 0 Å². The van der Waals surface area contributed by atoms with E-state index >= 15 is 0 Å². The summed E-state index contributed by atoms with van der Waals surface area (Å²) >= 11 is 0. The van der Waals surface area contributed by atoms with Crippen molar-refractivity contribution < 1.29 is 9.18 Å². The predicted molar refractivity (Wildman–Crippen MR) is 88.5 cm³/mol. The molecule has 0 bridgehead atoms. The normalized spacial score (nSPS) is 17.3. The molecule has 3 nitrogen and oxygen atoms in total. The van der Waals surface area contributed by atoms with Gasteiger partial charge in [-0.2, -0.15) is 0 Å². The number of amides is 2. The summed E-state index contributed by atoms with van der Waals surface area (Å²) in [6.45, 7) is 3.25. The number of urea groups is 1. The molecule has 0 spiro atoms. The molecule has 120 valence electrons. The van der Waals surface area contributed by atoms with Gasteiger partial charge in [-0.15, -0.1) is 0 Å². The lowest BCUT2D eigenvalue weighted by molar-refractivity contribution is 0.192. The molecule has 2 aromatic carbocycles. The van der Waals surface area contributed by atoms with Crippen LogP contribution in [-0.2, 0) is 6.54 Å². The van der Waals surface area contributed by atoms with Crippen LogP contribution in [-0.4, -0.2) is 17.5 Å². The SMILES string of the molecule is Cc1cccc(C2CCCN2C(=O)NCc2ccc(F)cc2)c1. The molecule has 2 aromatic rings. The van der Waals surface area contributed by atoms with Crippen LogP contribution in [0.1, 0.15) is 35.6 Å². The lowest BCUT2D eigenvalue weighted by atomic mass is 10.0. The van der Waals surface area contributed by atoms with Crippen molar-refractivity contribution in [3.05, 3.63) is 71.0 Å². The number of carbonyl (C=O) groups is 1. The molecule has 1 aliphatic rings. The minimum atomic E-state index is -0.265. The largest absolute Gasteiger partial charge is 0.334 e. The second kappa shape index (κ2) is 6.82. The molecule has 2 amide bonds. The quantitative estimate of drug-likeness (QED) is 0.906. The molecule has 4 heteroatoms. The third kappa shape index (κ3) is 3.70. The highest BCUT2D eigenvalue weighted by Crippen LogP contribution is 2.32. The Hall–Kier alpha value is -2.36. The van der Waals surface area contributed by atoms with Crippen LogP contribution in [0.25, 0.3) is 0 Å². The van der Waals surface area contributed by atoms with Gasteiger partial charge in [-0.3, -0.25) is 0 Å². The van der Waals surface area contributed by atoms with Crippen molar-refractivity contribution >= 4 is 6.03 Å². The van der Waals surface area contributed by atoms with Gasteiger partial charge in [0.1, 0.15) is 5.82 Å². The van der Waals surface area contributed by atoms with Gasteiger partial charge in [0.25, 0.3) is 0 Å². The number of benzene rings is 2. The smallest absolute Gasteiger partial charge is 0.318 e. The van der Waals surface area contributed by atoms with Crippen LogP contribution >= 0.6 is 0 Å². The molecular weight excluding hydrogens is 291 g/mol. The fourth-order valence-corrected chi connectivity index (χ4v) is 3.12. The standard InChI is InChI=1S/C19H21FN2O/c1-14-4-2-5-16(12-14)18-6-3-11-22(18)19(23)21-13-15-7-9-17(20)10-8-15/h2,4-5,7-10,12,18H,3,6,11,13H2,1H3,(H,21,23). The number of halogens is 1. The monoisotopic (exact) mass is 312 g/mol. The fourth-order valence-electron chi connectivity index (χ4n) is 3.12. The molecule has 1 N–H and O–H groups in total. The van der Waals surface area contributed by atoms with Crippen LogP contribution in [0.4, 0.5) is 9.18 Å². The number of hydrogen-bond donors (Lipinski definition) is 1. The Balaban J connectivity index is 1.65. The third-order valence-corrected chi connectivity index (χ3v) is 4.30. The maximum Gasteiger partial charge on any atom is 0.318 e.